The smallest absolute Gasteiger partial charge is 0.207 e. The summed E-state index contributed by atoms with van der Waals surface area (Å²) in [5, 5.41) is 14.9. The minimum Gasteiger partial charge on any atom is -0.493 e. The van der Waals surface area contributed by atoms with Crippen LogP contribution >= 0.6 is 0 Å². The van der Waals surface area contributed by atoms with E-state index in [4.69, 9.17) is 28.4 Å². The highest BCUT2D eigenvalue weighted by Crippen LogP contribution is 2.54. The van der Waals surface area contributed by atoms with Gasteiger partial charge in [0.25, 0.3) is 0 Å². The number of ether oxygens (including phenoxy) is 6. The van der Waals surface area contributed by atoms with E-state index in [0.29, 0.717) is 54.5 Å². The predicted octanol–water partition coefficient (Wildman–Crippen LogP) is 11.4. The van der Waals surface area contributed by atoms with E-state index in [2.05, 4.69) is 83.3 Å². The number of hydrogen-bond acceptors (Lipinski definition) is 8. The third kappa shape index (κ3) is 10.4. The van der Waals surface area contributed by atoms with Gasteiger partial charge >= 0.3 is 0 Å². The van der Waals surface area contributed by atoms with Crippen LogP contribution in [0.1, 0.15) is 134 Å². The van der Waals surface area contributed by atoms with Crippen LogP contribution in [-0.2, 0) is 11.8 Å². The molecule has 1 N–H and O–H groups in total. The summed E-state index contributed by atoms with van der Waals surface area (Å²) < 4.78 is 37.1. The summed E-state index contributed by atoms with van der Waals surface area (Å²) in [4.78, 5) is 0. The first-order chi connectivity index (χ1) is 27.1. The fraction of sp³-hybridized carbons (Fsp3) is 0.604. The van der Waals surface area contributed by atoms with Crippen molar-refractivity contribution in [2.45, 2.75) is 130 Å². The quantitative estimate of drug-likeness (QED) is 0.0901. The van der Waals surface area contributed by atoms with Gasteiger partial charge in [0, 0.05) is 17.2 Å². The summed E-state index contributed by atoms with van der Waals surface area (Å²) >= 11 is 0. The lowest BCUT2D eigenvalue weighted by molar-refractivity contribution is 0.238. The maximum absolute atomic E-state index is 10.8. The molecule has 1 aliphatic rings. The van der Waals surface area contributed by atoms with E-state index < -0.39 is 5.41 Å². The largest absolute Gasteiger partial charge is 0.493 e. The van der Waals surface area contributed by atoms with Gasteiger partial charge in [0.2, 0.25) is 11.5 Å². The SMILES string of the molecule is CCCCCOc1c2c(c(OCCC[C@H](C)C(C)CCC)c(OC)c1OC)C(c1ccccc1)N[C@@H](CCCC(C#N)(c1ccc(OC)c(OC)c1)C(C)C)C2. The maximum atomic E-state index is 10.8. The zero-order valence-corrected chi connectivity index (χ0v) is 36.1. The van der Waals surface area contributed by atoms with Crippen molar-refractivity contribution in [1.29, 1.82) is 5.26 Å². The Morgan fingerprint density at radius 3 is 2.02 bits per heavy atom. The summed E-state index contributed by atoms with van der Waals surface area (Å²) in [6, 6.07) is 19.2. The Kier molecular flexibility index (Phi) is 17.5. The first kappa shape index (κ1) is 44.6. The lowest BCUT2D eigenvalue weighted by Gasteiger charge is -2.38. The van der Waals surface area contributed by atoms with Crippen molar-refractivity contribution in [3.05, 3.63) is 70.8 Å². The molecule has 0 saturated heterocycles. The molecule has 3 aromatic rings. The molecule has 8 heteroatoms. The number of nitriles is 1. The monoisotopic (exact) mass is 771 g/mol. The third-order valence-electron chi connectivity index (χ3n) is 12.1. The van der Waals surface area contributed by atoms with Gasteiger partial charge in [-0.3, -0.25) is 0 Å². The molecule has 0 radical (unpaired) electrons. The number of benzene rings is 3. The van der Waals surface area contributed by atoms with Crippen molar-refractivity contribution in [2.24, 2.45) is 17.8 Å². The minimum absolute atomic E-state index is 0.0834. The van der Waals surface area contributed by atoms with Crippen molar-refractivity contribution < 1.29 is 28.4 Å². The lowest BCUT2D eigenvalue weighted by Crippen LogP contribution is -2.41. The predicted molar refractivity (Wildman–Crippen MR) is 227 cm³/mol. The van der Waals surface area contributed by atoms with Crippen molar-refractivity contribution >= 4 is 0 Å². The Labute approximate surface area is 338 Å². The molecule has 0 saturated carbocycles. The van der Waals surface area contributed by atoms with Crippen LogP contribution in [0.3, 0.4) is 0 Å². The molecule has 3 aromatic carbocycles. The number of fused-ring (bicyclic) bond motifs is 1. The first-order valence-corrected chi connectivity index (χ1v) is 21.1. The third-order valence-corrected chi connectivity index (χ3v) is 12.1. The summed E-state index contributed by atoms with van der Waals surface area (Å²) in [5.41, 5.74) is 3.57. The molecule has 1 heterocycles. The molecule has 56 heavy (non-hydrogen) atoms. The number of methoxy groups -OCH3 is 4. The molecule has 0 amide bonds. The van der Waals surface area contributed by atoms with Gasteiger partial charge in [-0.05, 0) is 86.0 Å². The zero-order chi connectivity index (χ0) is 40.7. The second-order valence-corrected chi connectivity index (χ2v) is 16.0. The van der Waals surface area contributed by atoms with Gasteiger partial charge in [-0.1, -0.05) is 104 Å². The molecule has 0 bridgehead atoms. The standard InChI is InChI=1S/C48H70N2O6/c1-11-13-17-28-55-44-39-31-38(24-18-27-48(32-49,33(3)4)37-25-26-40(51-7)41(30-37)52-8)50-43(36-22-15-14-16-23-36)42(39)45(47(54-10)46(44)53-9)56-29-19-21-35(6)34(5)20-12-2/h14-16,22-23,25-26,30,33-35,38,43,50H,11-13,17-21,24,27-29,31H2,1-10H3/t34?,35-,38-,43?,48?/m0/s1. The Hall–Kier alpha value is -4.09. The summed E-state index contributed by atoms with van der Waals surface area (Å²) in [7, 11) is 6.66. The van der Waals surface area contributed by atoms with E-state index in [1.165, 1.54) is 12.8 Å². The van der Waals surface area contributed by atoms with Crippen molar-refractivity contribution in [3.63, 3.8) is 0 Å². The van der Waals surface area contributed by atoms with Gasteiger partial charge in [0.15, 0.2) is 23.0 Å². The van der Waals surface area contributed by atoms with Gasteiger partial charge in [-0.2, -0.15) is 5.26 Å². The normalized spacial score (nSPS) is 17.2. The van der Waals surface area contributed by atoms with Crippen LogP contribution in [0, 0.1) is 29.1 Å². The van der Waals surface area contributed by atoms with E-state index in [0.717, 1.165) is 85.1 Å². The molecule has 1 aliphatic heterocycles. The molecule has 0 fully saturated rings. The summed E-state index contributed by atoms with van der Waals surface area (Å²) in [5.74, 6) is 5.34. The van der Waals surface area contributed by atoms with Crippen LogP contribution in [0.15, 0.2) is 48.5 Å². The van der Waals surface area contributed by atoms with Gasteiger partial charge < -0.3 is 33.7 Å². The van der Waals surface area contributed by atoms with Gasteiger partial charge in [0.1, 0.15) is 0 Å². The van der Waals surface area contributed by atoms with E-state index >= 15 is 0 Å². The van der Waals surface area contributed by atoms with Crippen molar-refractivity contribution in [3.8, 4) is 40.6 Å². The minimum atomic E-state index is -0.693. The molecule has 0 spiro atoms. The molecular weight excluding hydrogens is 701 g/mol. The highest BCUT2D eigenvalue weighted by molar-refractivity contribution is 5.69. The molecular formula is C48H70N2O6. The summed E-state index contributed by atoms with van der Waals surface area (Å²) in [6.45, 7) is 14.6. The Morgan fingerprint density at radius 1 is 0.732 bits per heavy atom. The van der Waals surface area contributed by atoms with Gasteiger partial charge in [0.05, 0.1) is 59.2 Å². The second-order valence-electron chi connectivity index (χ2n) is 16.0. The Bertz CT molecular complexity index is 1690. The summed E-state index contributed by atoms with van der Waals surface area (Å²) in [6.07, 6.45) is 10.8. The average molecular weight is 771 g/mol. The van der Waals surface area contributed by atoms with E-state index in [1.54, 1.807) is 28.4 Å². The number of hydrogen-bond donors (Lipinski definition) is 1. The van der Waals surface area contributed by atoms with Crippen LogP contribution in [-0.4, -0.2) is 47.7 Å². The molecule has 8 nitrogen and oxygen atoms in total. The van der Waals surface area contributed by atoms with E-state index in [9.17, 15) is 5.26 Å². The molecule has 308 valence electrons. The fourth-order valence-electron chi connectivity index (χ4n) is 8.50. The van der Waals surface area contributed by atoms with E-state index in [-0.39, 0.29) is 18.0 Å². The van der Waals surface area contributed by atoms with Crippen molar-refractivity contribution in [2.75, 3.05) is 41.7 Å². The molecule has 0 aliphatic carbocycles. The van der Waals surface area contributed by atoms with Crippen LogP contribution < -0.4 is 33.7 Å². The van der Waals surface area contributed by atoms with E-state index in [1.807, 2.05) is 18.2 Å². The van der Waals surface area contributed by atoms with Gasteiger partial charge in [-0.25, -0.2) is 0 Å². The Morgan fingerprint density at radius 2 is 1.39 bits per heavy atom. The average Bonchev–Trinajstić information content (AvgIpc) is 3.22. The number of unbranched alkanes of at least 4 members (excludes halogenated alkanes) is 2. The molecule has 4 rings (SSSR count). The van der Waals surface area contributed by atoms with Gasteiger partial charge in [-0.15, -0.1) is 0 Å². The lowest BCUT2D eigenvalue weighted by atomic mass is 9.69. The number of nitrogens with one attached hydrogen (secondary N) is 1. The van der Waals surface area contributed by atoms with Crippen LogP contribution in [0.25, 0.3) is 0 Å². The second kappa shape index (κ2) is 22.0. The topological polar surface area (TPSA) is 91.2 Å². The van der Waals surface area contributed by atoms with Crippen molar-refractivity contribution in [1.82, 2.24) is 5.32 Å². The first-order valence-electron chi connectivity index (χ1n) is 21.1. The number of rotatable bonds is 24. The highest BCUT2D eigenvalue weighted by Gasteiger charge is 2.40. The molecule has 3 unspecified atom stereocenters. The Balaban J connectivity index is 1.74. The highest BCUT2D eigenvalue weighted by atomic mass is 16.5. The maximum Gasteiger partial charge on any atom is 0.207 e. The van der Waals surface area contributed by atoms with Crippen LogP contribution in [0.5, 0.6) is 34.5 Å². The molecule has 0 aromatic heterocycles. The fourth-order valence-corrected chi connectivity index (χ4v) is 8.50. The number of nitrogens with zero attached hydrogens (tertiary/aromatic N) is 1. The molecule has 5 atom stereocenters. The zero-order valence-electron chi connectivity index (χ0n) is 36.1. The van der Waals surface area contributed by atoms with Crippen LogP contribution in [0.4, 0.5) is 0 Å². The van der Waals surface area contributed by atoms with Crippen LogP contribution in [0.2, 0.25) is 0 Å².